The summed E-state index contributed by atoms with van der Waals surface area (Å²) in [4.78, 5) is 7.12. The van der Waals surface area contributed by atoms with Gasteiger partial charge in [0.1, 0.15) is 6.26 Å². The predicted octanol–water partition coefficient (Wildman–Crippen LogP) is 0.758. The zero-order valence-electron chi connectivity index (χ0n) is 6.18. The number of nitrogens with zero attached hydrogens (tertiary/aromatic N) is 2. The van der Waals surface area contributed by atoms with Gasteiger partial charge in [-0.1, -0.05) is 0 Å². The van der Waals surface area contributed by atoms with Gasteiger partial charge in [-0.3, -0.25) is 0 Å². The largest absolute Gasteiger partial charge is 0.373 e. The fourth-order valence-electron chi connectivity index (χ4n) is 0.417. The molecule has 2 rings (SSSR count). The second-order valence-corrected chi connectivity index (χ2v) is 2.32. The Bertz CT molecular complexity index is 176. The molecule has 0 aliphatic carbocycles. The third-order valence-corrected chi connectivity index (χ3v) is 1.33. The van der Waals surface area contributed by atoms with E-state index in [0.717, 1.165) is 0 Å². The molecule has 0 amide bonds. The van der Waals surface area contributed by atoms with E-state index in [1.165, 1.54) is 18.2 Å². The van der Waals surface area contributed by atoms with E-state index in [1.54, 1.807) is 18.5 Å². The van der Waals surface area contributed by atoms with Gasteiger partial charge in [0.25, 0.3) is 0 Å². The van der Waals surface area contributed by atoms with Crippen molar-refractivity contribution >= 4 is 24.4 Å². The van der Waals surface area contributed by atoms with Crippen molar-refractivity contribution in [2.75, 3.05) is 0 Å². The molecular weight excluding hydrogens is 176 g/mol. The number of hydrazone groups is 2. The first kappa shape index (κ1) is 8.66. The number of hydrogen-bond donors (Lipinski definition) is 2. The SMILES string of the molecule is C1=CONN=C1.C1=CSNN=C1. The van der Waals surface area contributed by atoms with Crippen molar-refractivity contribution in [2.24, 2.45) is 10.2 Å². The van der Waals surface area contributed by atoms with Gasteiger partial charge in [-0.25, -0.2) is 4.83 Å². The maximum Gasteiger partial charge on any atom is 0.122 e. The topological polar surface area (TPSA) is 58.0 Å². The highest BCUT2D eigenvalue weighted by Gasteiger charge is 1.75. The molecular formula is C6H8N4OS. The number of rotatable bonds is 0. The molecule has 5 nitrogen and oxygen atoms in total. The van der Waals surface area contributed by atoms with Crippen molar-refractivity contribution in [3.63, 3.8) is 0 Å². The van der Waals surface area contributed by atoms with Crippen LogP contribution in [0.3, 0.4) is 0 Å². The quantitative estimate of drug-likeness (QED) is 0.546. The summed E-state index contributed by atoms with van der Waals surface area (Å²) in [6.07, 6.45) is 8.38. The van der Waals surface area contributed by atoms with Gasteiger partial charge in [-0.2, -0.15) is 10.2 Å². The van der Waals surface area contributed by atoms with Crippen LogP contribution in [-0.2, 0) is 4.84 Å². The number of nitrogens with one attached hydrogen (secondary N) is 2. The molecule has 2 N–H and O–H groups in total. The smallest absolute Gasteiger partial charge is 0.122 e. The lowest BCUT2D eigenvalue weighted by atomic mass is 10.7. The molecule has 2 aliphatic heterocycles. The van der Waals surface area contributed by atoms with Gasteiger partial charge in [0.2, 0.25) is 0 Å². The summed E-state index contributed by atoms with van der Waals surface area (Å²) < 4.78 is 0. The lowest BCUT2D eigenvalue weighted by molar-refractivity contribution is 0.136. The maximum atomic E-state index is 4.44. The van der Waals surface area contributed by atoms with Crippen LogP contribution in [0.1, 0.15) is 0 Å². The van der Waals surface area contributed by atoms with Gasteiger partial charge in [0.05, 0.1) is 6.21 Å². The first-order valence-electron chi connectivity index (χ1n) is 3.18. The van der Waals surface area contributed by atoms with E-state index in [2.05, 4.69) is 25.5 Å². The zero-order chi connectivity index (χ0) is 8.49. The van der Waals surface area contributed by atoms with Gasteiger partial charge >= 0.3 is 0 Å². The van der Waals surface area contributed by atoms with Crippen LogP contribution in [0.5, 0.6) is 0 Å². The van der Waals surface area contributed by atoms with Crippen molar-refractivity contribution < 1.29 is 4.84 Å². The lowest BCUT2D eigenvalue weighted by Gasteiger charge is -1.96. The van der Waals surface area contributed by atoms with Crippen molar-refractivity contribution in [1.82, 2.24) is 10.4 Å². The molecule has 0 aromatic carbocycles. The third kappa shape index (κ3) is 4.40. The molecule has 64 valence electrons. The van der Waals surface area contributed by atoms with Crippen LogP contribution < -0.4 is 10.4 Å². The Morgan fingerprint density at radius 2 is 2.08 bits per heavy atom. The molecule has 0 fully saturated rings. The van der Waals surface area contributed by atoms with Crippen molar-refractivity contribution in [3.8, 4) is 0 Å². The maximum absolute atomic E-state index is 4.44. The Kier molecular flexibility index (Phi) is 4.54. The molecule has 0 saturated carbocycles. The highest BCUT2D eigenvalue weighted by molar-refractivity contribution is 8.00. The van der Waals surface area contributed by atoms with Crippen LogP contribution in [0.15, 0.2) is 34.0 Å². The highest BCUT2D eigenvalue weighted by atomic mass is 32.2. The van der Waals surface area contributed by atoms with E-state index < -0.39 is 0 Å². The Labute approximate surface area is 74.3 Å². The molecule has 12 heavy (non-hydrogen) atoms. The first-order valence-corrected chi connectivity index (χ1v) is 4.06. The molecule has 0 atom stereocenters. The van der Waals surface area contributed by atoms with Crippen molar-refractivity contribution in [3.05, 3.63) is 23.8 Å². The van der Waals surface area contributed by atoms with Crippen LogP contribution >= 0.6 is 11.9 Å². The molecule has 0 spiro atoms. The fourth-order valence-corrected chi connectivity index (χ4v) is 0.749. The van der Waals surface area contributed by atoms with Crippen molar-refractivity contribution in [2.45, 2.75) is 0 Å². The van der Waals surface area contributed by atoms with Gasteiger partial charge in [0.15, 0.2) is 0 Å². The van der Waals surface area contributed by atoms with Gasteiger partial charge in [-0.05, 0) is 29.5 Å². The zero-order valence-corrected chi connectivity index (χ0v) is 6.99. The molecule has 0 radical (unpaired) electrons. The molecule has 6 heteroatoms. The van der Waals surface area contributed by atoms with E-state index in [-0.39, 0.29) is 0 Å². The second kappa shape index (κ2) is 6.29. The van der Waals surface area contributed by atoms with E-state index in [0.29, 0.717) is 0 Å². The predicted molar refractivity (Wildman–Crippen MR) is 50.2 cm³/mol. The number of allylic oxidation sites excluding steroid dienone is 2. The molecule has 0 aromatic heterocycles. The minimum absolute atomic E-state index is 1.47. The average Bonchev–Trinajstić information content (AvgIpc) is 2.24. The van der Waals surface area contributed by atoms with E-state index in [9.17, 15) is 0 Å². The van der Waals surface area contributed by atoms with Crippen molar-refractivity contribution in [1.29, 1.82) is 0 Å². The normalized spacial score (nSPS) is 16.7. The molecule has 0 aromatic rings. The Balaban J connectivity index is 0.000000120. The number of hydrogen-bond acceptors (Lipinski definition) is 6. The minimum Gasteiger partial charge on any atom is -0.373 e. The molecule has 0 bridgehead atoms. The van der Waals surface area contributed by atoms with Crippen LogP contribution in [-0.4, -0.2) is 12.4 Å². The summed E-state index contributed by atoms with van der Waals surface area (Å²) in [5.41, 5.74) is 2.27. The van der Waals surface area contributed by atoms with Crippen LogP contribution in [0.2, 0.25) is 0 Å². The summed E-state index contributed by atoms with van der Waals surface area (Å²) in [6, 6.07) is 0. The summed E-state index contributed by atoms with van der Waals surface area (Å²) in [5.74, 6) is 0. The van der Waals surface area contributed by atoms with Gasteiger partial charge < -0.3 is 4.84 Å². The second-order valence-electron chi connectivity index (χ2n) is 1.63. The van der Waals surface area contributed by atoms with Crippen LogP contribution in [0, 0.1) is 0 Å². The first-order chi connectivity index (χ1) is 6.00. The van der Waals surface area contributed by atoms with Gasteiger partial charge in [-0.15, -0.1) is 5.59 Å². The lowest BCUT2D eigenvalue weighted by Crippen LogP contribution is -2.03. The molecule has 2 heterocycles. The highest BCUT2D eigenvalue weighted by Crippen LogP contribution is 1.95. The molecule has 0 unspecified atom stereocenters. The molecule has 0 saturated heterocycles. The van der Waals surface area contributed by atoms with E-state index in [1.807, 2.05) is 11.5 Å². The van der Waals surface area contributed by atoms with Crippen LogP contribution in [0.25, 0.3) is 0 Å². The summed E-state index contributed by atoms with van der Waals surface area (Å²) in [6.45, 7) is 0. The summed E-state index contributed by atoms with van der Waals surface area (Å²) in [5, 5.41) is 9.09. The standard InChI is InChI=1S/C3H4N2O.C3H4N2S/c2*1-2-4-5-6-3-1/h2*1-3,5H. The summed E-state index contributed by atoms with van der Waals surface area (Å²) >= 11 is 1.47. The fraction of sp³-hybridized carbons (Fsp3) is 0. The Morgan fingerprint density at radius 1 is 1.17 bits per heavy atom. The van der Waals surface area contributed by atoms with E-state index in [4.69, 9.17) is 0 Å². The van der Waals surface area contributed by atoms with Gasteiger partial charge in [0, 0.05) is 6.21 Å². The summed E-state index contributed by atoms with van der Waals surface area (Å²) in [7, 11) is 0. The van der Waals surface area contributed by atoms with E-state index >= 15 is 0 Å². The Morgan fingerprint density at radius 3 is 2.25 bits per heavy atom. The minimum atomic E-state index is 1.47. The third-order valence-electron chi connectivity index (χ3n) is 0.825. The monoisotopic (exact) mass is 184 g/mol. The average molecular weight is 184 g/mol. The Hall–Kier alpha value is -1.43. The molecule has 2 aliphatic rings. The van der Waals surface area contributed by atoms with Crippen LogP contribution in [0.4, 0.5) is 0 Å².